The first-order chi connectivity index (χ1) is 16.3. The van der Waals surface area contributed by atoms with Gasteiger partial charge in [0.15, 0.2) is 16.9 Å². The molecule has 0 radical (unpaired) electrons. The minimum atomic E-state index is -0.732. The number of aryl methyl sites for hydroxylation is 2. The van der Waals surface area contributed by atoms with Crippen molar-refractivity contribution in [2.45, 2.75) is 13.8 Å². The maximum absolute atomic E-state index is 13.1. The fourth-order valence-corrected chi connectivity index (χ4v) is 3.95. The third-order valence-electron chi connectivity index (χ3n) is 5.55. The molecule has 0 saturated heterocycles. The van der Waals surface area contributed by atoms with Crippen LogP contribution in [0.4, 0.5) is 5.69 Å². The molecule has 170 valence electrons. The Morgan fingerprint density at radius 1 is 0.912 bits per heavy atom. The van der Waals surface area contributed by atoms with Crippen molar-refractivity contribution in [3.8, 4) is 28.4 Å². The van der Waals surface area contributed by atoms with Crippen LogP contribution in [0.25, 0.3) is 21.9 Å². The van der Waals surface area contributed by atoms with E-state index >= 15 is 0 Å². The molecule has 0 bridgehead atoms. The predicted octanol–water partition coefficient (Wildman–Crippen LogP) is 4.93. The predicted molar refractivity (Wildman–Crippen MR) is 122 cm³/mol. The van der Waals surface area contributed by atoms with Crippen molar-refractivity contribution < 1.29 is 28.3 Å². The molecule has 0 atom stereocenters. The van der Waals surface area contributed by atoms with E-state index in [0.29, 0.717) is 44.9 Å². The second kappa shape index (κ2) is 8.04. The van der Waals surface area contributed by atoms with Gasteiger partial charge in [0.1, 0.15) is 17.3 Å². The lowest BCUT2D eigenvalue weighted by atomic mass is 10.1. The molecule has 1 aliphatic rings. The molecule has 0 spiro atoms. The van der Waals surface area contributed by atoms with Crippen molar-refractivity contribution in [1.29, 1.82) is 0 Å². The van der Waals surface area contributed by atoms with Gasteiger partial charge < -0.3 is 18.6 Å². The minimum Gasteiger partial charge on any atom is -0.465 e. The summed E-state index contributed by atoms with van der Waals surface area (Å²) in [6, 6.07) is 13.4. The van der Waals surface area contributed by atoms with Crippen molar-refractivity contribution in [2.75, 3.05) is 6.79 Å². The summed E-state index contributed by atoms with van der Waals surface area (Å²) in [7, 11) is 0. The maximum atomic E-state index is 13.1. The number of nitro groups is 1. The Labute approximate surface area is 192 Å². The monoisotopic (exact) mass is 459 g/mol. The summed E-state index contributed by atoms with van der Waals surface area (Å²) in [5, 5.41) is 11.6. The van der Waals surface area contributed by atoms with Crippen LogP contribution in [0.1, 0.15) is 21.9 Å². The Balaban J connectivity index is 1.65. The van der Waals surface area contributed by atoms with Gasteiger partial charge in [-0.05, 0) is 61.4 Å². The quantitative estimate of drug-likeness (QED) is 0.239. The molecule has 34 heavy (non-hydrogen) atoms. The fraction of sp³-hybridized carbons (Fsp3) is 0.120. The lowest BCUT2D eigenvalue weighted by Crippen LogP contribution is -2.08. The van der Waals surface area contributed by atoms with Crippen molar-refractivity contribution in [3.05, 3.63) is 92.0 Å². The van der Waals surface area contributed by atoms with Crippen LogP contribution >= 0.6 is 0 Å². The second-order valence-electron chi connectivity index (χ2n) is 7.70. The number of carbonyl (C=O) groups is 1. The molecule has 1 aromatic heterocycles. The Bertz CT molecular complexity index is 1540. The number of nitrogens with zero attached hydrogens (tertiary/aromatic N) is 1. The SMILES string of the molecule is Cc1oc(C)c2c(=O)cc(-c3ccc4c(c3)OCO4)cc(OC(=O)c3ccc([N+](=O)[O-])cc3)c12. The molecule has 3 aromatic carbocycles. The summed E-state index contributed by atoms with van der Waals surface area (Å²) < 4.78 is 22.2. The maximum Gasteiger partial charge on any atom is 0.343 e. The van der Waals surface area contributed by atoms with Crippen molar-refractivity contribution in [2.24, 2.45) is 0 Å². The van der Waals surface area contributed by atoms with Crippen LogP contribution < -0.4 is 19.6 Å². The lowest BCUT2D eigenvalue weighted by molar-refractivity contribution is -0.384. The Morgan fingerprint density at radius 2 is 1.62 bits per heavy atom. The second-order valence-corrected chi connectivity index (χ2v) is 7.70. The van der Waals surface area contributed by atoms with E-state index in [-0.39, 0.29) is 29.2 Å². The Morgan fingerprint density at radius 3 is 2.35 bits per heavy atom. The fourth-order valence-electron chi connectivity index (χ4n) is 3.95. The number of hydrogen-bond acceptors (Lipinski definition) is 8. The van der Waals surface area contributed by atoms with Gasteiger partial charge in [-0.1, -0.05) is 6.07 Å². The molecular formula is C25H17NO8. The van der Waals surface area contributed by atoms with Gasteiger partial charge in [0, 0.05) is 12.1 Å². The highest BCUT2D eigenvalue weighted by molar-refractivity contribution is 5.97. The molecule has 2 heterocycles. The highest BCUT2D eigenvalue weighted by Gasteiger charge is 2.21. The zero-order valence-electron chi connectivity index (χ0n) is 18.1. The molecule has 0 aliphatic carbocycles. The summed E-state index contributed by atoms with van der Waals surface area (Å²) in [4.78, 5) is 36.4. The van der Waals surface area contributed by atoms with Gasteiger partial charge in [-0.2, -0.15) is 0 Å². The van der Waals surface area contributed by atoms with E-state index in [9.17, 15) is 19.7 Å². The average molecular weight is 459 g/mol. The minimum absolute atomic E-state index is 0.111. The van der Waals surface area contributed by atoms with Crippen molar-refractivity contribution in [3.63, 3.8) is 0 Å². The third kappa shape index (κ3) is 3.62. The van der Waals surface area contributed by atoms with E-state index in [1.807, 2.05) is 0 Å². The Hall–Kier alpha value is -4.66. The zero-order chi connectivity index (χ0) is 24.0. The topological polar surface area (TPSA) is 118 Å². The van der Waals surface area contributed by atoms with E-state index in [4.69, 9.17) is 18.6 Å². The van der Waals surface area contributed by atoms with Crippen LogP contribution in [0.3, 0.4) is 0 Å². The number of esters is 1. The largest absolute Gasteiger partial charge is 0.465 e. The van der Waals surface area contributed by atoms with Crippen LogP contribution in [-0.4, -0.2) is 17.7 Å². The first kappa shape index (κ1) is 21.2. The summed E-state index contributed by atoms with van der Waals surface area (Å²) in [5.74, 6) is 1.36. The summed E-state index contributed by atoms with van der Waals surface area (Å²) in [5.41, 5.74) is 0.848. The first-order valence-corrected chi connectivity index (χ1v) is 10.3. The van der Waals surface area contributed by atoms with Gasteiger partial charge in [0.25, 0.3) is 5.69 Å². The molecule has 4 aromatic rings. The smallest absolute Gasteiger partial charge is 0.343 e. The van der Waals surface area contributed by atoms with Crippen LogP contribution in [-0.2, 0) is 0 Å². The number of benzene rings is 2. The average Bonchev–Trinajstić information content (AvgIpc) is 3.36. The zero-order valence-corrected chi connectivity index (χ0v) is 18.1. The molecule has 5 rings (SSSR count). The van der Waals surface area contributed by atoms with E-state index in [2.05, 4.69) is 0 Å². The van der Waals surface area contributed by atoms with Crippen molar-refractivity contribution >= 4 is 22.4 Å². The summed E-state index contributed by atoms with van der Waals surface area (Å²) in [6.07, 6.45) is 0. The summed E-state index contributed by atoms with van der Waals surface area (Å²) >= 11 is 0. The van der Waals surface area contributed by atoms with Gasteiger partial charge in [-0.15, -0.1) is 0 Å². The van der Waals surface area contributed by atoms with Crippen LogP contribution in [0.2, 0.25) is 0 Å². The van der Waals surface area contributed by atoms with Gasteiger partial charge in [-0.3, -0.25) is 14.9 Å². The van der Waals surface area contributed by atoms with E-state index in [1.165, 1.54) is 30.3 Å². The molecule has 9 heteroatoms. The number of furan rings is 1. The van der Waals surface area contributed by atoms with E-state index < -0.39 is 10.9 Å². The number of ether oxygens (including phenoxy) is 3. The Kier molecular flexibility index (Phi) is 5.01. The van der Waals surface area contributed by atoms with Gasteiger partial charge >= 0.3 is 5.97 Å². The van der Waals surface area contributed by atoms with Crippen LogP contribution in [0, 0.1) is 24.0 Å². The number of carbonyl (C=O) groups excluding carboxylic acids is 1. The standard InChI is InChI=1S/C25H17NO8/c1-13-23-19(27)9-17(16-5-8-20-21(10-16)32-12-31-20)11-22(24(23)14(2)33-13)34-25(28)15-3-6-18(7-4-15)26(29)30/h3-11H,12H2,1-2H3. The number of nitro benzene ring substituents is 1. The molecular weight excluding hydrogens is 442 g/mol. The van der Waals surface area contributed by atoms with Crippen LogP contribution in [0.15, 0.2) is 63.8 Å². The van der Waals surface area contributed by atoms with Gasteiger partial charge in [-0.25, -0.2) is 4.79 Å². The van der Waals surface area contributed by atoms with Crippen molar-refractivity contribution in [1.82, 2.24) is 0 Å². The van der Waals surface area contributed by atoms with Crippen LogP contribution in [0.5, 0.6) is 17.2 Å². The molecule has 0 unspecified atom stereocenters. The normalized spacial score (nSPS) is 12.1. The highest BCUT2D eigenvalue weighted by Crippen LogP contribution is 2.38. The number of hydrogen-bond donors (Lipinski definition) is 0. The molecule has 0 amide bonds. The molecule has 0 N–H and O–H groups in total. The van der Waals surface area contributed by atoms with E-state index in [1.54, 1.807) is 38.1 Å². The summed E-state index contributed by atoms with van der Waals surface area (Å²) in [6.45, 7) is 3.46. The van der Waals surface area contributed by atoms with Gasteiger partial charge in [0.2, 0.25) is 6.79 Å². The lowest BCUT2D eigenvalue weighted by Gasteiger charge is -2.06. The molecule has 9 nitrogen and oxygen atoms in total. The molecule has 0 fully saturated rings. The number of non-ortho nitro benzene ring substituents is 1. The molecule has 1 aliphatic heterocycles. The first-order valence-electron chi connectivity index (χ1n) is 10.3. The van der Waals surface area contributed by atoms with E-state index in [0.717, 1.165) is 0 Å². The number of fused-ring (bicyclic) bond motifs is 2. The number of rotatable bonds is 4. The highest BCUT2D eigenvalue weighted by atomic mass is 16.7. The van der Waals surface area contributed by atoms with Gasteiger partial charge in [0.05, 0.1) is 21.3 Å². The molecule has 0 saturated carbocycles. The third-order valence-corrected chi connectivity index (χ3v) is 5.55.